The molecule has 0 spiro atoms. The molecule has 2 aromatic heterocycles. The Balaban J connectivity index is 1.66. The number of hydrogen-bond donors (Lipinski definition) is 1. The zero-order valence-electron chi connectivity index (χ0n) is 20.4. The number of esters is 1. The van der Waals surface area contributed by atoms with Crippen LogP contribution in [-0.2, 0) is 4.74 Å². The number of alkyl halides is 3. The number of aromatic nitrogens is 2. The minimum atomic E-state index is -5.02. The summed E-state index contributed by atoms with van der Waals surface area (Å²) in [6.07, 6.45) is -1.80. The SMILES string of the molecule is CNC(=O)c1ccc(-c2cnn3ccc(C(=O)N(C)c4ccc(OC(F)(F)F)c(C(=O)OC)c4)cc23)cc1. The highest BCUT2D eigenvalue weighted by molar-refractivity contribution is 6.07. The molecule has 2 amide bonds. The van der Waals surface area contributed by atoms with E-state index in [1.807, 2.05) is 0 Å². The van der Waals surface area contributed by atoms with Crippen molar-refractivity contribution in [2.24, 2.45) is 0 Å². The Morgan fingerprint density at radius 1 is 1.00 bits per heavy atom. The highest BCUT2D eigenvalue weighted by Gasteiger charge is 2.33. The van der Waals surface area contributed by atoms with Crippen molar-refractivity contribution < 1.29 is 37.0 Å². The molecule has 0 atom stereocenters. The summed E-state index contributed by atoms with van der Waals surface area (Å²) < 4.78 is 48.4. The molecule has 0 saturated heterocycles. The Morgan fingerprint density at radius 3 is 2.34 bits per heavy atom. The van der Waals surface area contributed by atoms with E-state index in [9.17, 15) is 27.6 Å². The highest BCUT2D eigenvalue weighted by Crippen LogP contribution is 2.31. The first-order chi connectivity index (χ1) is 18.0. The molecule has 9 nitrogen and oxygen atoms in total. The Bertz CT molecular complexity index is 1530. The Kier molecular flexibility index (Phi) is 7.06. The first kappa shape index (κ1) is 26.2. The lowest BCUT2D eigenvalue weighted by Gasteiger charge is -2.20. The molecule has 2 aromatic carbocycles. The first-order valence-corrected chi connectivity index (χ1v) is 11.1. The van der Waals surface area contributed by atoms with E-state index in [0.717, 1.165) is 24.8 Å². The molecule has 0 saturated carbocycles. The number of ether oxygens (including phenoxy) is 2. The third kappa shape index (κ3) is 5.28. The van der Waals surface area contributed by atoms with E-state index in [-0.39, 0.29) is 17.2 Å². The smallest absolute Gasteiger partial charge is 0.465 e. The van der Waals surface area contributed by atoms with Crippen molar-refractivity contribution in [1.29, 1.82) is 0 Å². The first-order valence-electron chi connectivity index (χ1n) is 11.1. The lowest BCUT2D eigenvalue weighted by atomic mass is 10.0. The quantitative estimate of drug-likeness (QED) is 0.376. The van der Waals surface area contributed by atoms with Crippen LogP contribution in [0.4, 0.5) is 18.9 Å². The monoisotopic (exact) mass is 526 g/mol. The van der Waals surface area contributed by atoms with Gasteiger partial charge in [0.25, 0.3) is 11.8 Å². The molecule has 0 bridgehead atoms. The van der Waals surface area contributed by atoms with Crippen LogP contribution in [0.3, 0.4) is 0 Å². The van der Waals surface area contributed by atoms with Gasteiger partial charge in [0.15, 0.2) is 0 Å². The highest BCUT2D eigenvalue weighted by atomic mass is 19.4. The normalized spacial score (nSPS) is 11.2. The van der Waals surface area contributed by atoms with Crippen LogP contribution in [0.1, 0.15) is 31.1 Å². The summed E-state index contributed by atoms with van der Waals surface area (Å²) in [5.74, 6) is -2.52. The van der Waals surface area contributed by atoms with Gasteiger partial charge < -0.3 is 19.7 Å². The van der Waals surface area contributed by atoms with Gasteiger partial charge in [-0.1, -0.05) is 12.1 Å². The van der Waals surface area contributed by atoms with E-state index in [2.05, 4.69) is 19.9 Å². The van der Waals surface area contributed by atoms with Crippen LogP contribution in [0.15, 0.2) is 67.0 Å². The topological polar surface area (TPSA) is 102 Å². The molecule has 1 N–H and O–H groups in total. The van der Waals surface area contributed by atoms with Crippen LogP contribution in [0.5, 0.6) is 5.75 Å². The van der Waals surface area contributed by atoms with E-state index in [4.69, 9.17) is 0 Å². The second-order valence-corrected chi connectivity index (χ2v) is 8.04. The zero-order chi connectivity index (χ0) is 27.6. The van der Waals surface area contributed by atoms with E-state index in [1.165, 1.54) is 25.1 Å². The number of amides is 2. The summed E-state index contributed by atoms with van der Waals surface area (Å²) >= 11 is 0. The summed E-state index contributed by atoms with van der Waals surface area (Å²) in [6.45, 7) is 0. The van der Waals surface area contributed by atoms with E-state index < -0.39 is 29.6 Å². The lowest BCUT2D eigenvalue weighted by molar-refractivity contribution is -0.274. The van der Waals surface area contributed by atoms with Crippen molar-refractivity contribution in [1.82, 2.24) is 14.9 Å². The number of benzene rings is 2. The van der Waals surface area contributed by atoms with Gasteiger partial charge in [0.05, 0.1) is 18.8 Å². The predicted octanol–water partition coefficient (Wildman–Crippen LogP) is 4.32. The van der Waals surface area contributed by atoms with E-state index in [0.29, 0.717) is 16.6 Å². The van der Waals surface area contributed by atoms with Crippen LogP contribution >= 0.6 is 0 Å². The molecule has 0 unspecified atom stereocenters. The second kappa shape index (κ2) is 10.2. The van der Waals surface area contributed by atoms with E-state index in [1.54, 1.807) is 53.3 Å². The molecule has 0 aliphatic heterocycles. The van der Waals surface area contributed by atoms with Gasteiger partial charge in [-0.15, -0.1) is 13.2 Å². The molecular formula is C26H21F3N4O5. The fourth-order valence-corrected chi connectivity index (χ4v) is 3.80. The molecule has 0 radical (unpaired) electrons. The molecule has 0 aliphatic rings. The minimum Gasteiger partial charge on any atom is -0.465 e. The molecule has 4 rings (SSSR count). The second-order valence-electron chi connectivity index (χ2n) is 8.04. The molecular weight excluding hydrogens is 505 g/mol. The van der Waals surface area contributed by atoms with Gasteiger partial charge in [-0.25, -0.2) is 9.31 Å². The van der Waals surface area contributed by atoms with Crippen molar-refractivity contribution in [3.63, 3.8) is 0 Å². The number of methoxy groups -OCH3 is 1. The zero-order valence-corrected chi connectivity index (χ0v) is 20.4. The van der Waals surface area contributed by atoms with Gasteiger partial charge >= 0.3 is 12.3 Å². The largest absolute Gasteiger partial charge is 0.573 e. The van der Waals surface area contributed by atoms with Crippen molar-refractivity contribution in [2.45, 2.75) is 6.36 Å². The molecule has 4 aromatic rings. The molecule has 12 heteroatoms. The Morgan fingerprint density at radius 2 is 1.71 bits per heavy atom. The van der Waals surface area contributed by atoms with Gasteiger partial charge in [0, 0.05) is 42.7 Å². The van der Waals surface area contributed by atoms with Crippen molar-refractivity contribution in [3.8, 4) is 16.9 Å². The van der Waals surface area contributed by atoms with Crippen molar-refractivity contribution in [3.05, 3.63) is 83.7 Å². The van der Waals surface area contributed by atoms with Gasteiger partial charge in [-0.2, -0.15) is 5.10 Å². The van der Waals surface area contributed by atoms with Gasteiger partial charge in [0.2, 0.25) is 0 Å². The fourth-order valence-electron chi connectivity index (χ4n) is 3.80. The number of anilines is 1. The van der Waals surface area contributed by atoms with E-state index >= 15 is 0 Å². The molecule has 38 heavy (non-hydrogen) atoms. The van der Waals surface area contributed by atoms with Gasteiger partial charge in [-0.3, -0.25) is 9.59 Å². The molecule has 0 fully saturated rings. The Labute approximate surface area is 214 Å². The molecule has 0 aliphatic carbocycles. The number of nitrogens with one attached hydrogen (secondary N) is 1. The number of halogens is 3. The number of nitrogens with zero attached hydrogens (tertiary/aromatic N) is 3. The summed E-state index contributed by atoms with van der Waals surface area (Å²) in [5, 5.41) is 6.86. The summed E-state index contributed by atoms with van der Waals surface area (Å²) in [7, 11) is 3.98. The molecule has 2 heterocycles. The van der Waals surface area contributed by atoms with Crippen LogP contribution < -0.4 is 15.0 Å². The van der Waals surface area contributed by atoms with Crippen LogP contribution in [0, 0.1) is 0 Å². The van der Waals surface area contributed by atoms with Crippen LogP contribution in [0.2, 0.25) is 0 Å². The van der Waals surface area contributed by atoms with Crippen molar-refractivity contribution >= 4 is 29.0 Å². The van der Waals surface area contributed by atoms with Crippen LogP contribution in [0.25, 0.3) is 16.6 Å². The minimum absolute atomic E-state index is 0.142. The fraction of sp³-hybridized carbons (Fsp3) is 0.154. The summed E-state index contributed by atoms with van der Waals surface area (Å²) in [6, 6.07) is 13.3. The third-order valence-electron chi connectivity index (χ3n) is 5.74. The third-order valence-corrected chi connectivity index (χ3v) is 5.74. The number of fused-ring (bicyclic) bond motifs is 1. The standard InChI is InChI=1S/C26H21F3N4O5/c1-30-23(34)16-6-4-15(5-7-16)20-14-31-33-11-10-17(12-21(20)33)24(35)32(2)18-8-9-22(38-26(27,28)29)19(13-18)25(36)37-3/h4-14H,1-3H3,(H,30,34). The number of pyridine rings is 1. The average molecular weight is 526 g/mol. The number of carbonyl (C=O) groups excluding carboxylic acids is 3. The van der Waals surface area contributed by atoms with Gasteiger partial charge in [-0.05, 0) is 48.0 Å². The van der Waals surface area contributed by atoms with Gasteiger partial charge in [0.1, 0.15) is 11.3 Å². The number of hydrogen-bond acceptors (Lipinski definition) is 6. The number of rotatable bonds is 6. The Hall–Kier alpha value is -4.87. The summed E-state index contributed by atoms with van der Waals surface area (Å²) in [4.78, 5) is 38.4. The maximum absolute atomic E-state index is 13.3. The lowest BCUT2D eigenvalue weighted by Crippen LogP contribution is -2.27. The van der Waals surface area contributed by atoms with Crippen LogP contribution in [-0.4, -0.2) is 55.0 Å². The van der Waals surface area contributed by atoms with Crippen molar-refractivity contribution in [2.75, 3.05) is 26.1 Å². The number of carbonyl (C=O) groups is 3. The molecule has 196 valence electrons. The average Bonchev–Trinajstić information content (AvgIpc) is 3.34. The predicted molar refractivity (Wildman–Crippen MR) is 131 cm³/mol. The maximum Gasteiger partial charge on any atom is 0.573 e. The summed E-state index contributed by atoms with van der Waals surface area (Å²) in [5.41, 5.74) is 2.50. The maximum atomic E-state index is 13.3.